The van der Waals surface area contributed by atoms with Crippen LogP contribution in [0.2, 0.25) is 0 Å². The molecular formula is C6H3NS. The van der Waals surface area contributed by atoms with Crippen LogP contribution >= 0.6 is 11.3 Å². The highest BCUT2D eigenvalue weighted by Crippen LogP contribution is 2.12. The van der Waals surface area contributed by atoms with E-state index in [-0.39, 0.29) is 0 Å². The van der Waals surface area contributed by atoms with E-state index in [4.69, 9.17) is 0 Å². The molecule has 0 aromatic carbocycles. The lowest BCUT2D eigenvalue weighted by molar-refractivity contribution is 1.48. The molecular weight excluding hydrogens is 118 g/mol. The Morgan fingerprint density at radius 1 is 1.62 bits per heavy atom. The summed E-state index contributed by atoms with van der Waals surface area (Å²) in [6.45, 7) is 0. The predicted molar refractivity (Wildman–Crippen MR) is 33.8 cm³/mol. The van der Waals surface area contributed by atoms with E-state index >= 15 is 0 Å². The van der Waals surface area contributed by atoms with Crippen LogP contribution in [0.4, 0.5) is 0 Å². The summed E-state index contributed by atoms with van der Waals surface area (Å²) < 4.78 is 1.23. The topological polar surface area (TPSA) is 15.8 Å². The Bertz CT molecular complexity index is 230. The molecule has 0 aliphatic carbocycles. The Morgan fingerprint density at radius 3 is 3.50 bits per heavy atom. The molecule has 2 aromatic rings. The smallest absolute Gasteiger partial charge is 0.109 e. The average molecular weight is 121 g/mol. The minimum atomic E-state index is 1.06. The van der Waals surface area contributed by atoms with Gasteiger partial charge in [-0.25, -0.2) is 0 Å². The van der Waals surface area contributed by atoms with Gasteiger partial charge in [0.15, 0.2) is 0 Å². The van der Waals surface area contributed by atoms with Crippen LogP contribution in [0.1, 0.15) is 0 Å². The summed E-state index contributed by atoms with van der Waals surface area (Å²) in [6.07, 6.45) is 1.91. The fourth-order valence-corrected chi connectivity index (χ4v) is 1.28. The molecule has 2 heteroatoms. The number of fused-ring (bicyclic) bond motifs is 1. The standard InChI is InChI=1S/C6H3NS/c1-3-7-5-2-4-8-6(1)5/h1,3,7H. The van der Waals surface area contributed by atoms with Gasteiger partial charge in [-0.2, -0.15) is 0 Å². The maximum absolute atomic E-state index is 3.02. The molecule has 0 radical (unpaired) electrons. The average Bonchev–Trinajstić information content (AvgIpc) is 2.15. The molecule has 0 bridgehead atoms. The van der Waals surface area contributed by atoms with Crippen molar-refractivity contribution in [3.63, 3.8) is 0 Å². The van der Waals surface area contributed by atoms with E-state index in [2.05, 4.69) is 16.4 Å². The molecule has 1 nitrogen and oxygen atoms in total. The fourth-order valence-electron chi connectivity index (χ4n) is 0.669. The fraction of sp³-hybridized carbons (Fsp3) is 0. The van der Waals surface area contributed by atoms with Gasteiger partial charge in [0.2, 0.25) is 0 Å². The lowest BCUT2D eigenvalue weighted by Crippen LogP contribution is -1.48. The second kappa shape index (κ2) is 1.27. The van der Waals surface area contributed by atoms with Crippen molar-refractivity contribution >= 4 is 21.6 Å². The highest BCUT2D eigenvalue weighted by molar-refractivity contribution is 7.16. The van der Waals surface area contributed by atoms with Gasteiger partial charge in [0.25, 0.3) is 0 Å². The van der Waals surface area contributed by atoms with E-state index in [1.807, 2.05) is 12.3 Å². The lowest BCUT2D eigenvalue weighted by Gasteiger charge is -1.64. The number of H-pyrrole nitrogens is 1. The molecule has 0 amide bonds. The van der Waals surface area contributed by atoms with Crippen LogP contribution in [-0.2, 0) is 0 Å². The molecule has 0 saturated heterocycles. The van der Waals surface area contributed by atoms with Crippen LogP contribution in [0.15, 0.2) is 12.3 Å². The quantitative estimate of drug-likeness (QED) is 0.547. The molecule has 0 aliphatic heterocycles. The van der Waals surface area contributed by atoms with E-state index in [0.717, 1.165) is 5.52 Å². The molecule has 0 aliphatic rings. The van der Waals surface area contributed by atoms with Crippen LogP contribution < -0.4 is 0 Å². The normalized spacial score (nSPS) is 9.50. The molecule has 2 heterocycles. The van der Waals surface area contributed by atoms with Gasteiger partial charge in [-0.05, 0) is 17.5 Å². The largest absolute Gasteiger partial charge is 0.354 e. The van der Waals surface area contributed by atoms with Crippen molar-refractivity contribution in [1.82, 2.24) is 4.98 Å². The van der Waals surface area contributed by atoms with Gasteiger partial charge < -0.3 is 4.98 Å². The van der Waals surface area contributed by atoms with E-state index in [1.165, 1.54) is 4.70 Å². The van der Waals surface area contributed by atoms with Crippen molar-refractivity contribution in [3.8, 4) is 0 Å². The van der Waals surface area contributed by atoms with Gasteiger partial charge in [0, 0.05) is 6.20 Å². The van der Waals surface area contributed by atoms with Crippen LogP contribution in [-0.4, -0.2) is 4.98 Å². The Labute approximate surface area is 51.0 Å². The summed E-state index contributed by atoms with van der Waals surface area (Å²) in [4.78, 5) is 3.02. The second-order valence-electron chi connectivity index (χ2n) is 1.55. The van der Waals surface area contributed by atoms with E-state index in [9.17, 15) is 0 Å². The van der Waals surface area contributed by atoms with Crippen molar-refractivity contribution in [2.24, 2.45) is 0 Å². The third-order valence-corrected chi connectivity index (χ3v) is 1.81. The van der Waals surface area contributed by atoms with E-state index in [1.54, 1.807) is 11.3 Å². The first-order chi connectivity index (χ1) is 3.97. The molecule has 8 heavy (non-hydrogen) atoms. The molecule has 2 aromatic heterocycles. The predicted octanol–water partition coefficient (Wildman–Crippen LogP) is 1.83. The van der Waals surface area contributed by atoms with Crippen molar-refractivity contribution in [3.05, 3.63) is 23.7 Å². The molecule has 2 rings (SSSR count). The molecule has 0 fully saturated rings. The zero-order valence-electron chi connectivity index (χ0n) is 4.06. The summed E-state index contributed by atoms with van der Waals surface area (Å²) in [5.41, 5.74) is 1.06. The third kappa shape index (κ3) is 0.368. The summed E-state index contributed by atoms with van der Waals surface area (Å²) in [7, 11) is 0. The second-order valence-corrected chi connectivity index (χ2v) is 2.39. The zero-order chi connectivity index (χ0) is 5.40. The molecule has 0 atom stereocenters. The summed E-state index contributed by atoms with van der Waals surface area (Å²) in [5.74, 6) is 0. The Hall–Kier alpha value is -0.940. The molecule has 0 spiro atoms. The SMILES string of the molecule is c1sc2cc[nH]c2c#1. The van der Waals surface area contributed by atoms with Crippen LogP contribution in [0.3, 0.4) is 0 Å². The van der Waals surface area contributed by atoms with E-state index in [0.29, 0.717) is 0 Å². The van der Waals surface area contributed by atoms with Gasteiger partial charge in [0.1, 0.15) is 5.52 Å². The third-order valence-electron chi connectivity index (χ3n) is 1.05. The Balaban J connectivity index is 3.06. The van der Waals surface area contributed by atoms with Gasteiger partial charge in [-0.15, -0.1) is 0 Å². The van der Waals surface area contributed by atoms with Gasteiger partial charge in [-0.1, -0.05) is 11.3 Å². The van der Waals surface area contributed by atoms with Crippen molar-refractivity contribution in [2.45, 2.75) is 0 Å². The zero-order valence-corrected chi connectivity index (χ0v) is 4.88. The van der Waals surface area contributed by atoms with Gasteiger partial charge in [-0.3, -0.25) is 0 Å². The number of hydrogen-bond acceptors (Lipinski definition) is 1. The number of aromatic amines is 1. The van der Waals surface area contributed by atoms with E-state index < -0.39 is 0 Å². The highest BCUT2D eigenvalue weighted by atomic mass is 32.1. The maximum Gasteiger partial charge on any atom is 0.109 e. The van der Waals surface area contributed by atoms with Crippen LogP contribution in [0, 0.1) is 11.4 Å². The number of aromatic nitrogens is 1. The first-order valence-corrected chi connectivity index (χ1v) is 3.14. The molecule has 1 N–H and O–H groups in total. The number of hydrogen-bond donors (Lipinski definition) is 1. The minimum Gasteiger partial charge on any atom is -0.354 e. The van der Waals surface area contributed by atoms with Crippen LogP contribution in [0.5, 0.6) is 0 Å². The van der Waals surface area contributed by atoms with Gasteiger partial charge in [0.05, 0.1) is 4.70 Å². The molecule has 0 saturated carbocycles. The maximum atomic E-state index is 3.02. The lowest BCUT2D eigenvalue weighted by atomic mass is 10.5. The van der Waals surface area contributed by atoms with Crippen LogP contribution in [0.25, 0.3) is 10.2 Å². The van der Waals surface area contributed by atoms with Crippen molar-refractivity contribution in [2.75, 3.05) is 0 Å². The van der Waals surface area contributed by atoms with Gasteiger partial charge >= 0.3 is 0 Å². The van der Waals surface area contributed by atoms with Crippen molar-refractivity contribution in [1.29, 1.82) is 0 Å². The van der Waals surface area contributed by atoms with Crippen molar-refractivity contribution < 1.29 is 0 Å². The summed E-state index contributed by atoms with van der Waals surface area (Å²) in [6, 6.07) is 4.96. The Morgan fingerprint density at radius 2 is 2.62 bits per heavy atom. The summed E-state index contributed by atoms with van der Waals surface area (Å²) >= 11 is 1.58. The summed E-state index contributed by atoms with van der Waals surface area (Å²) in [5, 5.41) is 2.90. The number of rotatable bonds is 0. The molecule has 0 unspecified atom stereocenters. The number of nitrogens with one attached hydrogen (secondary N) is 1. The first kappa shape index (κ1) is 3.99. The first-order valence-electron chi connectivity index (χ1n) is 2.32. The molecule has 38 valence electrons. The highest BCUT2D eigenvalue weighted by Gasteiger charge is 1.88. The monoisotopic (exact) mass is 121 g/mol. The Kier molecular flexibility index (Phi) is 0.633. The minimum absolute atomic E-state index is 1.06.